The van der Waals surface area contributed by atoms with Crippen LogP contribution >= 0.6 is 0 Å². The Morgan fingerprint density at radius 1 is 1.53 bits per heavy atom. The van der Waals surface area contributed by atoms with Crippen LogP contribution in [0.25, 0.3) is 0 Å². The van der Waals surface area contributed by atoms with Crippen molar-refractivity contribution in [2.45, 2.75) is 13.0 Å². The second-order valence-corrected chi connectivity index (χ2v) is 5.71. The average Bonchev–Trinajstić information content (AvgIpc) is 2.88. The molecule has 0 radical (unpaired) electrons. The molecule has 9 heteroatoms. The summed E-state index contributed by atoms with van der Waals surface area (Å²) in [7, 11) is -0.906. The van der Waals surface area contributed by atoms with Gasteiger partial charge >= 0.3 is 5.97 Å². The van der Waals surface area contributed by atoms with Crippen LogP contribution in [-0.2, 0) is 26.3 Å². The van der Waals surface area contributed by atoms with Gasteiger partial charge in [-0.3, -0.25) is 4.79 Å². The molecule has 1 rings (SSSR count). The van der Waals surface area contributed by atoms with Gasteiger partial charge in [0.1, 0.15) is 0 Å². The summed E-state index contributed by atoms with van der Waals surface area (Å²) in [5.41, 5.74) is 0. The van der Waals surface area contributed by atoms with Crippen LogP contribution in [0.5, 0.6) is 0 Å². The van der Waals surface area contributed by atoms with E-state index in [0.717, 1.165) is 4.31 Å². The van der Waals surface area contributed by atoms with Gasteiger partial charge in [0.25, 0.3) is 10.2 Å². The first-order valence-corrected chi connectivity index (χ1v) is 7.13. The Morgan fingerprint density at radius 2 is 2.26 bits per heavy atom. The number of hydrogen-bond donors (Lipinski definition) is 1. The fourth-order valence-corrected chi connectivity index (χ4v) is 2.21. The molecule has 0 fully saturated rings. The van der Waals surface area contributed by atoms with E-state index < -0.39 is 16.2 Å². The molecule has 0 aliphatic rings. The monoisotopic (exact) mass is 290 g/mol. The molecule has 0 bridgehead atoms. The summed E-state index contributed by atoms with van der Waals surface area (Å²) in [6.07, 6.45) is 5.00. The van der Waals surface area contributed by atoms with E-state index in [9.17, 15) is 13.2 Å². The van der Waals surface area contributed by atoms with Crippen LogP contribution < -0.4 is 4.72 Å². The minimum atomic E-state index is -3.58. The van der Waals surface area contributed by atoms with E-state index in [4.69, 9.17) is 0 Å². The second kappa shape index (κ2) is 7.22. The number of hydrogen-bond acceptors (Lipinski definition) is 5. The summed E-state index contributed by atoms with van der Waals surface area (Å²) in [5.74, 6) is -0.444. The van der Waals surface area contributed by atoms with E-state index in [1.807, 2.05) is 0 Å². The van der Waals surface area contributed by atoms with Crippen LogP contribution in [0.1, 0.15) is 6.42 Å². The molecular formula is C10H18N4O4S. The van der Waals surface area contributed by atoms with E-state index in [1.165, 1.54) is 14.2 Å². The molecule has 1 aromatic rings. The zero-order valence-corrected chi connectivity index (χ0v) is 11.8. The highest BCUT2D eigenvalue weighted by molar-refractivity contribution is 7.87. The zero-order valence-electron chi connectivity index (χ0n) is 10.9. The highest BCUT2D eigenvalue weighted by atomic mass is 32.2. The smallest absolute Gasteiger partial charge is 0.306 e. The van der Waals surface area contributed by atoms with E-state index in [0.29, 0.717) is 6.54 Å². The first-order chi connectivity index (χ1) is 8.95. The Labute approximate surface area is 112 Å². The van der Waals surface area contributed by atoms with Crippen LogP contribution in [0.4, 0.5) is 0 Å². The molecule has 108 valence electrons. The van der Waals surface area contributed by atoms with Gasteiger partial charge in [-0.05, 0) is 0 Å². The molecule has 0 spiro atoms. The Hall–Kier alpha value is -1.45. The summed E-state index contributed by atoms with van der Waals surface area (Å²) in [6, 6.07) is 0. The first kappa shape index (κ1) is 15.6. The number of carbonyl (C=O) groups is 1. The number of esters is 1. The van der Waals surface area contributed by atoms with Gasteiger partial charge in [0.15, 0.2) is 0 Å². The maximum absolute atomic E-state index is 11.8. The van der Waals surface area contributed by atoms with Crippen molar-refractivity contribution in [2.24, 2.45) is 0 Å². The van der Waals surface area contributed by atoms with Crippen molar-refractivity contribution in [3.63, 3.8) is 0 Å². The number of nitrogens with one attached hydrogen (secondary N) is 1. The SMILES string of the molecule is COC(=O)CCN(C)S(=O)(=O)NCCn1ccnc1. The molecule has 1 heterocycles. The van der Waals surface area contributed by atoms with Gasteiger partial charge in [-0.25, -0.2) is 9.71 Å². The van der Waals surface area contributed by atoms with Crippen molar-refractivity contribution < 1.29 is 17.9 Å². The summed E-state index contributed by atoms with van der Waals surface area (Å²) in [6.45, 7) is 0.818. The molecular weight excluding hydrogens is 272 g/mol. The van der Waals surface area contributed by atoms with Crippen LogP contribution in [-0.4, -0.2) is 55.5 Å². The van der Waals surface area contributed by atoms with Gasteiger partial charge in [-0.1, -0.05) is 0 Å². The second-order valence-electron chi connectivity index (χ2n) is 3.85. The number of aromatic nitrogens is 2. The van der Waals surface area contributed by atoms with Gasteiger partial charge in [-0.15, -0.1) is 0 Å². The van der Waals surface area contributed by atoms with Crippen LogP contribution in [0.15, 0.2) is 18.7 Å². The average molecular weight is 290 g/mol. The van der Waals surface area contributed by atoms with Crippen molar-refractivity contribution in [2.75, 3.05) is 27.2 Å². The predicted octanol–water partition coefficient (Wildman–Crippen LogP) is -0.788. The normalized spacial score (nSPS) is 11.7. The Balaban J connectivity index is 2.35. The molecule has 8 nitrogen and oxygen atoms in total. The van der Waals surface area contributed by atoms with E-state index in [1.54, 1.807) is 23.3 Å². The molecule has 1 aromatic heterocycles. The minimum absolute atomic E-state index is 0.0232. The third kappa shape index (κ3) is 5.37. The lowest BCUT2D eigenvalue weighted by Crippen LogP contribution is -2.40. The Bertz CT molecular complexity index is 486. The lowest BCUT2D eigenvalue weighted by atomic mass is 10.4. The molecule has 0 aromatic carbocycles. The third-order valence-corrected chi connectivity index (χ3v) is 4.05. The summed E-state index contributed by atoms with van der Waals surface area (Å²) in [5, 5.41) is 0. The maximum atomic E-state index is 11.8. The molecule has 1 N–H and O–H groups in total. The summed E-state index contributed by atoms with van der Waals surface area (Å²) in [4.78, 5) is 14.8. The van der Waals surface area contributed by atoms with Crippen molar-refractivity contribution in [3.8, 4) is 0 Å². The van der Waals surface area contributed by atoms with Crippen molar-refractivity contribution in [3.05, 3.63) is 18.7 Å². The molecule has 0 aliphatic carbocycles. The topological polar surface area (TPSA) is 93.5 Å². The number of imidazole rings is 1. The largest absolute Gasteiger partial charge is 0.469 e. The van der Waals surface area contributed by atoms with Gasteiger partial charge in [0.05, 0.1) is 19.9 Å². The Kier molecular flexibility index (Phi) is 5.93. The molecule has 19 heavy (non-hydrogen) atoms. The predicted molar refractivity (Wildman–Crippen MR) is 68.4 cm³/mol. The number of nitrogens with zero attached hydrogens (tertiary/aromatic N) is 3. The van der Waals surface area contributed by atoms with Gasteiger partial charge in [0, 0.05) is 39.1 Å². The maximum Gasteiger partial charge on any atom is 0.306 e. The fraction of sp³-hybridized carbons (Fsp3) is 0.600. The van der Waals surface area contributed by atoms with Crippen LogP contribution in [0.3, 0.4) is 0 Å². The van der Waals surface area contributed by atoms with Gasteiger partial charge < -0.3 is 9.30 Å². The standard InChI is InChI=1S/C10H18N4O4S/c1-13(6-3-10(15)18-2)19(16,17)12-5-8-14-7-4-11-9-14/h4,7,9,12H,3,5-6,8H2,1-2H3. The number of rotatable bonds is 8. The molecule has 0 unspecified atom stereocenters. The quantitative estimate of drug-likeness (QED) is 0.633. The minimum Gasteiger partial charge on any atom is -0.469 e. The van der Waals surface area contributed by atoms with Crippen molar-refractivity contribution in [1.82, 2.24) is 18.6 Å². The molecule has 0 saturated carbocycles. The highest BCUT2D eigenvalue weighted by Crippen LogP contribution is 1.97. The van der Waals surface area contributed by atoms with Crippen molar-refractivity contribution in [1.29, 1.82) is 0 Å². The molecule has 0 amide bonds. The molecule has 0 aliphatic heterocycles. The molecule has 0 atom stereocenters. The summed E-state index contributed by atoms with van der Waals surface area (Å²) < 4.78 is 33.3. The van der Waals surface area contributed by atoms with E-state index in [-0.39, 0.29) is 19.5 Å². The van der Waals surface area contributed by atoms with Crippen LogP contribution in [0.2, 0.25) is 0 Å². The van der Waals surface area contributed by atoms with Crippen LogP contribution in [0, 0.1) is 0 Å². The van der Waals surface area contributed by atoms with Crippen molar-refractivity contribution >= 4 is 16.2 Å². The summed E-state index contributed by atoms with van der Waals surface area (Å²) >= 11 is 0. The fourth-order valence-electron chi connectivity index (χ4n) is 1.30. The number of ether oxygens (including phenoxy) is 1. The van der Waals surface area contributed by atoms with E-state index in [2.05, 4.69) is 14.4 Å². The lowest BCUT2D eigenvalue weighted by Gasteiger charge is -2.17. The van der Waals surface area contributed by atoms with Gasteiger partial charge in [-0.2, -0.15) is 12.7 Å². The van der Waals surface area contributed by atoms with Gasteiger partial charge in [0.2, 0.25) is 0 Å². The highest BCUT2D eigenvalue weighted by Gasteiger charge is 2.17. The number of carbonyl (C=O) groups excluding carboxylic acids is 1. The third-order valence-electron chi connectivity index (χ3n) is 2.48. The zero-order chi connectivity index (χ0) is 14.3. The van der Waals surface area contributed by atoms with E-state index >= 15 is 0 Å². The lowest BCUT2D eigenvalue weighted by molar-refractivity contribution is -0.140. The number of methoxy groups -OCH3 is 1. The Morgan fingerprint density at radius 3 is 2.84 bits per heavy atom. The molecule has 0 saturated heterocycles. The first-order valence-electron chi connectivity index (χ1n) is 5.69.